The Balaban J connectivity index is 1.92. The first-order valence-electron chi connectivity index (χ1n) is 5.91. The van der Waals surface area contributed by atoms with Gasteiger partial charge in [-0.1, -0.05) is 31.9 Å². The molecule has 15 heavy (non-hydrogen) atoms. The smallest absolute Gasteiger partial charge is 0.255 e. The van der Waals surface area contributed by atoms with Crippen LogP contribution in [-0.4, -0.2) is 5.79 Å². The molecule has 0 aromatic rings. The van der Waals surface area contributed by atoms with Gasteiger partial charge in [0.15, 0.2) is 0 Å². The molecule has 2 rings (SSSR count). The fourth-order valence-corrected chi connectivity index (χ4v) is 2.12. The summed E-state index contributed by atoms with van der Waals surface area (Å²) in [6.45, 7) is 4.25. The topological polar surface area (TPSA) is 18.5 Å². The van der Waals surface area contributed by atoms with Crippen LogP contribution in [-0.2, 0) is 9.47 Å². The van der Waals surface area contributed by atoms with Gasteiger partial charge >= 0.3 is 0 Å². The molecule has 0 unspecified atom stereocenters. The summed E-state index contributed by atoms with van der Waals surface area (Å²) >= 11 is 0. The van der Waals surface area contributed by atoms with Crippen LogP contribution in [0.15, 0.2) is 24.7 Å². The van der Waals surface area contributed by atoms with E-state index < -0.39 is 5.79 Å². The molecule has 2 nitrogen and oxygen atoms in total. The molecular formula is C13H20O2. The average Bonchev–Trinajstić information content (AvgIpc) is 2.91. The minimum atomic E-state index is -0.449. The lowest BCUT2D eigenvalue weighted by Crippen LogP contribution is -2.36. The maximum Gasteiger partial charge on any atom is 0.255 e. The van der Waals surface area contributed by atoms with E-state index in [2.05, 4.69) is 19.1 Å². The molecule has 2 aliphatic rings. The molecule has 0 N–H and O–H groups in total. The Bertz CT molecular complexity index is 266. The van der Waals surface area contributed by atoms with E-state index in [1.54, 1.807) is 12.5 Å². The second kappa shape index (κ2) is 3.92. The van der Waals surface area contributed by atoms with E-state index in [0.717, 1.165) is 0 Å². The summed E-state index contributed by atoms with van der Waals surface area (Å²) in [7, 11) is 0. The first kappa shape index (κ1) is 10.6. The first-order chi connectivity index (χ1) is 7.22. The number of allylic oxidation sites excluding steroid dienone is 1. The van der Waals surface area contributed by atoms with Crippen LogP contribution in [0.2, 0.25) is 0 Å². The van der Waals surface area contributed by atoms with Crippen LogP contribution in [0.5, 0.6) is 0 Å². The highest BCUT2D eigenvalue weighted by atomic mass is 16.7. The lowest BCUT2D eigenvalue weighted by molar-refractivity contribution is -0.164. The summed E-state index contributed by atoms with van der Waals surface area (Å²) in [5.74, 6) is -0.449. The van der Waals surface area contributed by atoms with Gasteiger partial charge in [-0.05, 0) is 19.3 Å². The lowest BCUT2D eigenvalue weighted by atomic mass is 9.95. The summed E-state index contributed by atoms with van der Waals surface area (Å²) in [6.07, 6.45) is 13.9. The first-order valence-corrected chi connectivity index (χ1v) is 5.91. The maximum absolute atomic E-state index is 5.57. The van der Waals surface area contributed by atoms with E-state index in [9.17, 15) is 0 Å². The van der Waals surface area contributed by atoms with Gasteiger partial charge in [-0.25, -0.2) is 0 Å². The summed E-state index contributed by atoms with van der Waals surface area (Å²) in [5, 5.41) is 0. The molecule has 84 valence electrons. The van der Waals surface area contributed by atoms with Crippen molar-refractivity contribution >= 4 is 0 Å². The molecule has 1 heterocycles. The van der Waals surface area contributed by atoms with Gasteiger partial charge in [0.1, 0.15) is 12.5 Å². The molecule has 0 amide bonds. The normalized spacial score (nSPS) is 25.2. The zero-order valence-corrected chi connectivity index (χ0v) is 9.66. The van der Waals surface area contributed by atoms with Crippen LogP contribution in [0.25, 0.3) is 0 Å². The Kier molecular flexibility index (Phi) is 2.76. The molecule has 0 aromatic carbocycles. The van der Waals surface area contributed by atoms with E-state index in [0.29, 0.717) is 0 Å². The molecule has 0 radical (unpaired) electrons. The van der Waals surface area contributed by atoms with Crippen LogP contribution < -0.4 is 0 Å². The van der Waals surface area contributed by atoms with Crippen molar-refractivity contribution in [1.29, 1.82) is 0 Å². The third-order valence-corrected chi connectivity index (χ3v) is 3.50. The number of ether oxygens (including phenoxy) is 2. The van der Waals surface area contributed by atoms with Crippen LogP contribution in [0, 0.1) is 5.41 Å². The third-order valence-electron chi connectivity index (χ3n) is 3.50. The molecule has 1 aliphatic carbocycles. The maximum atomic E-state index is 5.57. The standard InChI is InChI=1S/C13H20O2/c1-3-4-5-6-7-13(8-9-13)12(2)14-10-11-15-12/h6-7,10-11H,3-5,8-9H2,1-2H3. The summed E-state index contributed by atoms with van der Waals surface area (Å²) in [5.41, 5.74) is 0.129. The Labute approximate surface area is 92.0 Å². The molecule has 0 bridgehead atoms. The molecule has 1 fully saturated rings. The van der Waals surface area contributed by atoms with Crippen molar-refractivity contribution in [3.63, 3.8) is 0 Å². The minimum absolute atomic E-state index is 0.129. The number of rotatable bonds is 5. The molecule has 1 saturated carbocycles. The fourth-order valence-electron chi connectivity index (χ4n) is 2.12. The predicted octanol–water partition coefficient (Wildman–Crippen LogP) is 3.75. The molecule has 0 aromatic heterocycles. The van der Waals surface area contributed by atoms with Gasteiger partial charge in [-0.3, -0.25) is 0 Å². The molecule has 0 spiro atoms. The zero-order valence-electron chi connectivity index (χ0n) is 9.66. The van der Waals surface area contributed by atoms with E-state index in [1.807, 2.05) is 6.92 Å². The average molecular weight is 208 g/mol. The summed E-state index contributed by atoms with van der Waals surface area (Å²) < 4.78 is 11.1. The van der Waals surface area contributed by atoms with Crippen molar-refractivity contribution in [1.82, 2.24) is 0 Å². The van der Waals surface area contributed by atoms with Gasteiger partial charge in [0.2, 0.25) is 0 Å². The van der Waals surface area contributed by atoms with Gasteiger partial charge in [-0.15, -0.1) is 0 Å². The molecule has 1 aliphatic heterocycles. The van der Waals surface area contributed by atoms with E-state index >= 15 is 0 Å². The lowest BCUT2D eigenvalue weighted by Gasteiger charge is -2.30. The van der Waals surface area contributed by atoms with Gasteiger partial charge in [0.05, 0.1) is 5.41 Å². The zero-order chi connectivity index (χ0) is 10.8. The molecule has 0 saturated heterocycles. The van der Waals surface area contributed by atoms with Crippen LogP contribution in [0.4, 0.5) is 0 Å². The summed E-state index contributed by atoms with van der Waals surface area (Å²) in [4.78, 5) is 0. The Morgan fingerprint density at radius 3 is 2.47 bits per heavy atom. The fraction of sp³-hybridized carbons (Fsp3) is 0.692. The van der Waals surface area contributed by atoms with E-state index in [-0.39, 0.29) is 5.41 Å². The predicted molar refractivity (Wildman–Crippen MR) is 60.0 cm³/mol. The largest absolute Gasteiger partial charge is 0.456 e. The summed E-state index contributed by atoms with van der Waals surface area (Å²) in [6, 6.07) is 0. The van der Waals surface area contributed by atoms with Crippen molar-refractivity contribution in [3.05, 3.63) is 24.7 Å². The highest BCUT2D eigenvalue weighted by Crippen LogP contribution is 2.58. The van der Waals surface area contributed by atoms with Crippen molar-refractivity contribution in [2.24, 2.45) is 5.41 Å². The highest BCUT2D eigenvalue weighted by Gasteiger charge is 2.59. The van der Waals surface area contributed by atoms with E-state index in [4.69, 9.17) is 9.47 Å². The SMILES string of the molecule is CCCCC=CC1(C2(C)OC=CO2)CC1. The van der Waals surface area contributed by atoms with Gasteiger partial charge in [0.25, 0.3) is 5.79 Å². The number of unbranched alkanes of at least 4 members (excludes halogenated alkanes) is 2. The molecule has 0 atom stereocenters. The minimum Gasteiger partial charge on any atom is -0.456 e. The quantitative estimate of drug-likeness (QED) is 0.506. The second-order valence-electron chi connectivity index (χ2n) is 4.65. The van der Waals surface area contributed by atoms with Gasteiger partial charge in [0, 0.05) is 6.92 Å². The second-order valence-corrected chi connectivity index (χ2v) is 4.65. The Morgan fingerprint density at radius 1 is 1.27 bits per heavy atom. The van der Waals surface area contributed by atoms with Crippen molar-refractivity contribution in [3.8, 4) is 0 Å². The van der Waals surface area contributed by atoms with Crippen molar-refractivity contribution in [2.75, 3.05) is 0 Å². The van der Waals surface area contributed by atoms with Crippen molar-refractivity contribution in [2.45, 2.75) is 51.7 Å². The number of hydrogen-bond donors (Lipinski definition) is 0. The Morgan fingerprint density at radius 2 is 1.93 bits per heavy atom. The molecule has 2 heteroatoms. The van der Waals surface area contributed by atoms with Gasteiger partial charge < -0.3 is 9.47 Å². The number of hydrogen-bond acceptors (Lipinski definition) is 2. The van der Waals surface area contributed by atoms with Crippen LogP contribution >= 0.6 is 0 Å². The molecular weight excluding hydrogens is 188 g/mol. The van der Waals surface area contributed by atoms with E-state index in [1.165, 1.54) is 32.1 Å². The van der Waals surface area contributed by atoms with Crippen LogP contribution in [0.3, 0.4) is 0 Å². The monoisotopic (exact) mass is 208 g/mol. The third kappa shape index (κ3) is 1.90. The Hall–Kier alpha value is -0.920. The van der Waals surface area contributed by atoms with Gasteiger partial charge in [-0.2, -0.15) is 0 Å². The van der Waals surface area contributed by atoms with Crippen LogP contribution in [0.1, 0.15) is 46.0 Å². The van der Waals surface area contributed by atoms with Crippen molar-refractivity contribution < 1.29 is 9.47 Å². The highest BCUT2D eigenvalue weighted by molar-refractivity contribution is 5.17.